The monoisotopic (exact) mass is 290 g/mol. The second kappa shape index (κ2) is 5.66. The number of anilines is 1. The number of nitrogens with two attached hydrogens (primary N) is 1. The van der Waals surface area contributed by atoms with Gasteiger partial charge >= 0.3 is 0 Å². The number of nitrogens with zero attached hydrogens (tertiary/aromatic N) is 2. The first-order valence-electron chi connectivity index (χ1n) is 7.42. The molecule has 0 aromatic carbocycles. The van der Waals surface area contributed by atoms with Crippen molar-refractivity contribution in [3.05, 3.63) is 23.4 Å². The van der Waals surface area contributed by atoms with E-state index in [1.54, 1.807) is 0 Å². The van der Waals surface area contributed by atoms with Gasteiger partial charge in [0.2, 0.25) is 0 Å². The summed E-state index contributed by atoms with van der Waals surface area (Å²) in [6, 6.07) is 5.08. The van der Waals surface area contributed by atoms with E-state index in [2.05, 4.69) is 15.2 Å². The molecule has 2 atom stereocenters. The lowest BCUT2D eigenvalue weighted by molar-refractivity contribution is 0.192. The largest absolute Gasteiger partial charge is 0.389 e. The molecular weight excluding hydrogens is 268 g/mol. The summed E-state index contributed by atoms with van der Waals surface area (Å²) in [6.07, 6.45) is 5.19. The van der Waals surface area contributed by atoms with Gasteiger partial charge in [-0.1, -0.05) is 18.6 Å². The number of hydrogen-bond donors (Lipinski definition) is 2. The zero-order chi connectivity index (χ0) is 14.1. The first-order valence-corrected chi connectivity index (χ1v) is 7.83. The van der Waals surface area contributed by atoms with Crippen molar-refractivity contribution < 1.29 is 0 Å². The smallest absolute Gasteiger partial charge is 0.127 e. The number of pyridine rings is 1. The first-order chi connectivity index (χ1) is 9.63. The number of aromatic nitrogens is 1. The van der Waals surface area contributed by atoms with E-state index in [4.69, 9.17) is 18.0 Å². The average Bonchev–Trinajstić information content (AvgIpc) is 2.82. The molecule has 1 aromatic rings. The number of thiocarbonyl (C=S) groups is 1. The Hall–Kier alpha value is -1.20. The minimum absolute atomic E-state index is 0.435. The van der Waals surface area contributed by atoms with Crippen LogP contribution >= 0.6 is 12.2 Å². The molecule has 1 aromatic heterocycles. The van der Waals surface area contributed by atoms with Gasteiger partial charge in [0.25, 0.3) is 0 Å². The fourth-order valence-electron chi connectivity index (χ4n) is 3.49. The Bertz CT molecular complexity index is 517. The second-order valence-electron chi connectivity index (χ2n) is 5.89. The minimum Gasteiger partial charge on any atom is -0.389 e. The third kappa shape index (κ3) is 2.79. The molecule has 108 valence electrons. The molecule has 2 aliphatic heterocycles. The molecule has 20 heavy (non-hydrogen) atoms. The molecule has 3 rings (SSSR count). The lowest BCUT2D eigenvalue weighted by Gasteiger charge is -2.32. The molecule has 0 saturated carbocycles. The van der Waals surface area contributed by atoms with E-state index < -0.39 is 0 Å². The van der Waals surface area contributed by atoms with Gasteiger partial charge in [0.1, 0.15) is 10.8 Å². The third-order valence-electron chi connectivity index (χ3n) is 4.43. The summed E-state index contributed by atoms with van der Waals surface area (Å²) in [5, 5.41) is 3.61. The van der Waals surface area contributed by atoms with E-state index in [1.807, 2.05) is 19.1 Å². The van der Waals surface area contributed by atoms with Gasteiger partial charge in [-0.05, 0) is 44.9 Å². The van der Waals surface area contributed by atoms with E-state index in [1.165, 1.54) is 38.8 Å². The van der Waals surface area contributed by atoms with Gasteiger partial charge in [-0.15, -0.1) is 0 Å². The second-order valence-corrected chi connectivity index (χ2v) is 6.33. The van der Waals surface area contributed by atoms with Crippen LogP contribution in [0.5, 0.6) is 0 Å². The maximum atomic E-state index is 5.73. The maximum Gasteiger partial charge on any atom is 0.127 e. The van der Waals surface area contributed by atoms with Gasteiger partial charge in [0, 0.05) is 29.9 Å². The van der Waals surface area contributed by atoms with Gasteiger partial charge in [0.05, 0.1) is 0 Å². The Morgan fingerprint density at radius 1 is 1.35 bits per heavy atom. The molecule has 3 N–H and O–H groups in total. The molecule has 0 radical (unpaired) electrons. The summed E-state index contributed by atoms with van der Waals surface area (Å²) in [7, 11) is 0. The number of aryl methyl sites for hydroxylation is 1. The molecule has 4 nitrogen and oxygen atoms in total. The zero-order valence-electron chi connectivity index (χ0n) is 11.9. The summed E-state index contributed by atoms with van der Waals surface area (Å²) < 4.78 is 0. The van der Waals surface area contributed by atoms with E-state index in [0.717, 1.165) is 17.1 Å². The van der Waals surface area contributed by atoms with Crippen LogP contribution in [0.2, 0.25) is 0 Å². The Labute approximate surface area is 125 Å². The summed E-state index contributed by atoms with van der Waals surface area (Å²) in [5.74, 6) is 0.908. The Balaban J connectivity index is 1.76. The van der Waals surface area contributed by atoms with Crippen molar-refractivity contribution in [2.24, 2.45) is 5.73 Å². The highest BCUT2D eigenvalue weighted by Gasteiger charge is 2.35. The van der Waals surface area contributed by atoms with Crippen molar-refractivity contribution in [2.45, 2.75) is 44.7 Å². The van der Waals surface area contributed by atoms with E-state index in [0.29, 0.717) is 17.1 Å². The summed E-state index contributed by atoms with van der Waals surface area (Å²) in [4.78, 5) is 7.62. The summed E-state index contributed by atoms with van der Waals surface area (Å²) in [6.45, 7) is 4.44. The van der Waals surface area contributed by atoms with Gasteiger partial charge in [-0.3, -0.25) is 4.90 Å². The van der Waals surface area contributed by atoms with Crippen LogP contribution in [0, 0.1) is 6.92 Å². The fraction of sp³-hybridized carbons (Fsp3) is 0.600. The maximum absolute atomic E-state index is 5.73. The Kier molecular flexibility index (Phi) is 3.89. The fourth-order valence-corrected chi connectivity index (χ4v) is 3.61. The molecule has 2 fully saturated rings. The topological polar surface area (TPSA) is 54.2 Å². The Morgan fingerprint density at radius 2 is 2.20 bits per heavy atom. The van der Waals surface area contributed by atoms with Crippen molar-refractivity contribution in [3.63, 3.8) is 0 Å². The van der Waals surface area contributed by atoms with Crippen molar-refractivity contribution in [3.8, 4) is 0 Å². The standard InChI is InChI=1S/C15H22N4S/c1-10-8-11(15(16)20)9-14(17-10)18-12-5-7-19-6-3-2-4-13(12)19/h8-9,12-13H,2-7H2,1H3,(H2,16,20)(H,17,18). The molecule has 0 spiro atoms. The highest BCUT2D eigenvalue weighted by molar-refractivity contribution is 7.80. The number of rotatable bonds is 3. The van der Waals surface area contributed by atoms with Crippen molar-refractivity contribution >= 4 is 23.0 Å². The lowest BCUT2D eigenvalue weighted by Crippen LogP contribution is -2.41. The lowest BCUT2D eigenvalue weighted by atomic mass is 9.99. The molecule has 0 aliphatic carbocycles. The van der Waals surface area contributed by atoms with Crippen LogP contribution in [-0.2, 0) is 0 Å². The van der Waals surface area contributed by atoms with Crippen LogP contribution in [0.15, 0.2) is 12.1 Å². The van der Waals surface area contributed by atoms with Crippen molar-refractivity contribution in [2.75, 3.05) is 18.4 Å². The molecule has 0 amide bonds. The van der Waals surface area contributed by atoms with Crippen LogP contribution in [-0.4, -0.2) is 40.0 Å². The molecule has 3 heterocycles. The predicted octanol–water partition coefficient (Wildman–Crippen LogP) is 2.06. The van der Waals surface area contributed by atoms with Gasteiger partial charge in [0.15, 0.2) is 0 Å². The van der Waals surface area contributed by atoms with Gasteiger partial charge < -0.3 is 11.1 Å². The quantitative estimate of drug-likeness (QED) is 0.835. The molecule has 2 saturated heterocycles. The Morgan fingerprint density at radius 3 is 3.00 bits per heavy atom. The summed E-state index contributed by atoms with van der Waals surface area (Å²) in [5.41, 5.74) is 7.59. The highest BCUT2D eigenvalue weighted by atomic mass is 32.1. The van der Waals surface area contributed by atoms with Crippen LogP contribution in [0.4, 0.5) is 5.82 Å². The van der Waals surface area contributed by atoms with E-state index >= 15 is 0 Å². The SMILES string of the molecule is Cc1cc(C(N)=S)cc(NC2CCN3CCCCC23)n1. The predicted molar refractivity (Wildman–Crippen MR) is 86.1 cm³/mol. The number of piperidine rings is 1. The van der Waals surface area contributed by atoms with Crippen molar-refractivity contribution in [1.82, 2.24) is 9.88 Å². The van der Waals surface area contributed by atoms with Crippen LogP contribution in [0.1, 0.15) is 36.9 Å². The zero-order valence-corrected chi connectivity index (χ0v) is 12.7. The van der Waals surface area contributed by atoms with Gasteiger partial charge in [-0.25, -0.2) is 4.98 Å². The third-order valence-corrected chi connectivity index (χ3v) is 4.66. The number of fused-ring (bicyclic) bond motifs is 1. The molecule has 2 unspecified atom stereocenters. The van der Waals surface area contributed by atoms with E-state index in [9.17, 15) is 0 Å². The molecule has 0 bridgehead atoms. The number of hydrogen-bond acceptors (Lipinski definition) is 4. The molecular formula is C15H22N4S. The van der Waals surface area contributed by atoms with Crippen LogP contribution in [0.3, 0.4) is 0 Å². The molecule has 2 aliphatic rings. The van der Waals surface area contributed by atoms with Gasteiger partial charge in [-0.2, -0.15) is 0 Å². The van der Waals surface area contributed by atoms with Crippen molar-refractivity contribution in [1.29, 1.82) is 0 Å². The first kappa shape index (κ1) is 13.8. The number of nitrogens with one attached hydrogen (secondary N) is 1. The molecule has 5 heteroatoms. The van der Waals surface area contributed by atoms with E-state index in [-0.39, 0.29) is 0 Å². The normalized spacial score (nSPS) is 26.2. The van der Waals surface area contributed by atoms with Crippen LogP contribution < -0.4 is 11.1 Å². The minimum atomic E-state index is 0.435. The van der Waals surface area contributed by atoms with Crippen LogP contribution in [0.25, 0.3) is 0 Å². The highest BCUT2D eigenvalue weighted by Crippen LogP contribution is 2.29. The summed E-state index contributed by atoms with van der Waals surface area (Å²) >= 11 is 5.07. The average molecular weight is 290 g/mol.